The van der Waals surface area contributed by atoms with Crippen LogP contribution in [-0.2, 0) is 14.0 Å². The molecule has 0 spiro atoms. The first-order valence-electron chi connectivity index (χ1n) is 8.04. The minimum absolute atomic E-state index is 0.0870. The molecule has 6 heteroatoms. The Morgan fingerprint density at radius 3 is 2.30 bits per heavy atom. The number of ether oxygens (including phenoxy) is 1. The summed E-state index contributed by atoms with van der Waals surface area (Å²) in [6.07, 6.45) is 0. The van der Waals surface area contributed by atoms with Crippen molar-refractivity contribution in [2.24, 2.45) is 0 Å². The summed E-state index contributed by atoms with van der Waals surface area (Å²) in [4.78, 5) is 12.3. The molecule has 2 saturated heterocycles. The molecule has 0 aliphatic carbocycles. The largest absolute Gasteiger partial charge is 0.495 e. The van der Waals surface area contributed by atoms with Crippen LogP contribution in [0, 0.1) is 6.92 Å². The number of nitrogens with one attached hydrogen (secondary N) is 1. The van der Waals surface area contributed by atoms with Gasteiger partial charge in [-0.1, -0.05) is 11.6 Å². The smallest absolute Gasteiger partial charge is 0.399 e. The molecule has 124 valence electrons. The fraction of sp³-hybridized carbons (Fsp3) is 0.588. The molecule has 2 aliphatic rings. The second-order valence-corrected chi connectivity index (χ2v) is 7.37. The van der Waals surface area contributed by atoms with E-state index in [0.717, 1.165) is 11.0 Å². The monoisotopic (exact) mass is 317 g/mol. The lowest BCUT2D eigenvalue weighted by Gasteiger charge is -2.32. The predicted octanol–water partition coefficient (Wildman–Crippen LogP) is 1.42. The van der Waals surface area contributed by atoms with Crippen LogP contribution in [-0.4, -0.2) is 43.5 Å². The van der Waals surface area contributed by atoms with Crippen molar-refractivity contribution < 1.29 is 18.8 Å². The maximum Gasteiger partial charge on any atom is 0.495 e. The van der Waals surface area contributed by atoms with E-state index in [2.05, 4.69) is 5.32 Å². The number of benzene rings is 1. The Labute approximate surface area is 137 Å². The lowest BCUT2D eigenvalue weighted by Crippen LogP contribution is -2.48. The summed E-state index contributed by atoms with van der Waals surface area (Å²) in [5, 5.41) is 2.96. The Hall–Kier alpha value is -1.37. The SMILES string of the molecule is Cc1ccc(C(=O)NC2COC2)cc1B1OC(C)(C)C(C)(C)O1. The molecule has 3 rings (SSSR count). The normalized spacial score (nSPS) is 22.7. The molecule has 0 unspecified atom stereocenters. The third-order valence-corrected chi connectivity index (χ3v) is 5.02. The van der Waals surface area contributed by atoms with Gasteiger partial charge in [0.05, 0.1) is 30.5 Å². The van der Waals surface area contributed by atoms with Crippen molar-refractivity contribution >= 4 is 18.5 Å². The van der Waals surface area contributed by atoms with Crippen LogP contribution in [0.5, 0.6) is 0 Å². The molecule has 0 saturated carbocycles. The average molecular weight is 317 g/mol. The maximum absolute atomic E-state index is 12.3. The van der Waals surface area contributed by atoms with Crippen molar-refractivity contribution in [2.45, 2.75) is 51.9 Å². The maximum atomic E-state index is 12.3. The quantitative estimate of drug-likeness (QED) is 0.857. The Balaban J connectivity index is 1.82. The topological polar surface area (TPSA) is 56.8 Å². The van der Waals surface area contributed by atoms with Gasteiger partial charge in [-0.05, 0) is 52.2 Å². The average Bonchev–Trinajstić information content (AvgIpc) is 2.63. The molecule has 0 aromatic heterocycles. The van der Waals surface area contributed by atoms with E-state index >= 15 is 0 Å². The van der Waals surface area contributed by atoms with Crippen LogP contribution in [0.15, 0.2) is 18.2 Å². The summed E-state index contributed by atoms with van der Waals surface area (Å²) in [5.74, 6) is -0.0870. The van der Waals surface area contributed by atoms with E-state index in [1.165, 1.54) is 0 Å². The number of aryl methyl sites for hydroxylation is 1. The van der Waals surface area contributed by atoms with Gasteiger partial charge in [-0.3, -0.25) is 4.79 Å². The molecule has 2 aliphatic heterocycles. The number of hydrogen-bond acceptors (Lipinski definition) is 4. The van der Waals surface area contributed by atoms with Gasteiger partial charge in [0.15, 0.2) is 0 Å². The number of rotatable bonds is 3. The van der Waals surface area contributed by atoms with Crippen LogP contribution in [0.3, 0.4) is 0 Å². The minimum atomic E-state index is -0.459. The molecule has 1 aromatic rings. The molecule has 23 heavy (non-hydrogen) atoms. The second kappa shape index (κ2) is 5.62. The minimum Gasteiger partial charge on any atom is -0.399 e. The molecular formula is C17H24BNO4. The van der Waals surface area contributed by atoms with E-state index in [1.807, 2.05) is 52.8 Å². The van der Waals surface area contributed by atoms with Crippen LogP contribution in [0.4, 0.5) is 0 Å². The summed E-state index contributed by atoms with van der Waals surface area (Å²) in [6.45, 7) is 11.3. The van der Waals surface area contributed by atoms with Crippen molar-refractivity contribution in [3.05, 3.63) is 29.3 Å². The Kier molecular flexibility index (Phi) is 4.03. The highest BCUT2D eigenvalue weighted by molar-refractivity contribution is 6.62. The molecule has 1 N–H and O–H groups in total. The molecule has 0 atom stereocenters. The zero-order chi connectivity index (χ0) is 16.8. The van der Waals surface area contributed by atoms with Gasteiger partial charge in [0.2, 0.25) is 0 Å². The van der Waals surface area contributed by atoms with Gasteiger partial charge in [0.25, 0.3) is 5.91 Å². The summed E-state index contributed by atoms with van der Waals surface area (Å²) < 4.78 is 17.3. The number of amides is 1. The van der Waals surface area contributed by atoms with Crippen molar-refractivity contribution in [1.29, 1.82) is 0 Å². The highest BCUT2D eigenvalue weighted by Crippen LogP contribution is 2.36. The van der Waals surface area contributed by atoms with Crippen molar-refractivity contribution in [1.82, 2.24) is 5.32 Å². The number of hydrogen-bond donors (Lipinski definition) is 1. The van der Waals surface area contributed by atoms with E-state index < -0.39 is 18.3 Å². The summed E-state index contributed by atoms with van der Waals surface area (Å²) in [7, 11) is -0.459. The van der Waals surface area contributed by atoms with Gasteiger partial charge in [0.1, 0.15) is 0 Å². The van der Waals surface area contributed by atoms with Crippen LogP contribution >= 0.6 is 0 Å². The molecule has 2 fully saturated rings. The van der Waals surface area contributed by atoms with Gasteiger partial charge in [0, 0.05) is 5.56 Å². The van der Waals surface area contributed by atoms with E-state index in [0.29, 0.717) is 18.8 Å². The summed E-state index contributed by atoms with van der Waals surface area (Å²) in [5.41, 5.74) is 1.78. The zero-order valence-electron chi connectivity index (χ0n) is 14.4. The van der Waals surface area contributed by atoms with Gasteiger partial charge in [-0.2, -0.15) is 0 Å². The summed E-state index contributed by atoms with van der Waals surface area (Å²) in [6, 6.07) is 5.75. The van der Waals surface area contributed by atoms with Gasteiger partial charge in [-0.15, -0.1) is 0 Å². The highest BCUT2D eigenvalue weighted by Gasteiger charge is 2.52. The first-order valence-corrected chi connectivity index (χ1v) is 8.04. The van der Waals surface area contributed by atoms with Gasteiger partial charge >= 0.3 is 7.12 Å². The second-order valence-electron chi connectivity index (χ2n) is 7.37. The fourth-order valence-electron chi connectivity index (χ4n) is 2.59. The Morgan fingerprint density at radius 1 is 1.17 bits per heavy atom. The van der Waals surface area contributed by atoms with E-state index in [9.17, 15) is 4.79 Å². The molecule has 1 aromatic carbocycles. The van der Waals surface area contributed by atoms with Crippen LogP contribution in [0.2, 0.25) is 0 Å². The number of carbonyl (C=O) groups excluding carboxylic acids is 1. The molecule has 5 nitrogen and oxygen atoms in total. The number of carbonyl (C=O) groups is 1. The zero-order valence-corrected chi connectivity index (χ0v) is 14.4. The summed E-state index contributed by atoms with van der Waals surface area (Å²) >= 11 is 0. The van der Waals surface area contributed by atoms with Crippen LogP contribution in [0.1, 0.15) is 43.6 Å². The lowest BCUT2D eigenvalue weighted by molar-refractivity contribution is -0.00346. The first-order chi connectivity index (χ1) is 10.7. The molecule has 2 heterocycles. The van der Waals surface area contributed by atoms with Crippen LogP contribution < -0.4 is 10.8 Å². The molecule has 0 radical (unpaired) electrons. The third-order valence-electron chi connectivity index (χ3n) is 5.02. The van der Waals surface area contributed by atoms with E-state index in [-0.39, 0.29) is 11.9 Å². The van der Waals surface area contributed by atoms with Crippen molar-refractivity contribution in [3.8, 4) is 0 Å². The van der Waals surface area contributed by atoms with Gasteiger partial charge < -0.3 is 19.4 Å². The van der Waals surface area contributed by atoms with Crippen LogP contribution in [0.25, 0.3) is 0 Å². The van der Waals surface area contributed by atoms with Gasteiger partial charge in [-0.25, -0.2) is 0 Å². The molecule has 0 bridgehead atoms. The van der Waals surface area contributed by atoms with E-state index in [4.69, 9.17) is 14.0 Å². The lowest BCUT2D eigenvalue weighted by atomic mass is 9.75. The standard InChI is InChI=1S/C17H24BNO4/c1-11-6-7-12(15(20)19-13-9-21-10-13)8-14(11)18-22-16(2,3)17(4,5)23-18/h6-8,13H,9-10H2,1-5H3,(H,19,20). The highest BCUT2D eigenvalue weighted by atomic mass is 16.7. The Bertz CT molecular complexity index is 609. The predicted molar refractivity (Wildman–Crippen MR) is 89.0 cm³/mol. The molecule has 1 amide bonds. The fourth-order valence-corrected chi connectivity index (χ4v) is 2.59. The van der Waals surface area contributed by atoms with E-state index in [1.54, 1.807) is 0 Å². The molecular weight excluding hydrogens is 293 g/mol. The first kappa shape index (κ1) is 16.5. The Morgan fingerprint density at radius 2 is 1.78 bits per heavy atom. The van der Waals surface area contributed by atoms with Crippen molar-refractivity contribution in [2.75, 3.05) is 13.2 Å². The van der Waals surface area contributed by atoms with Crippen molar-refractivity contribution in [3.63, 3.8) is 0 Å². The third kappa shape index (κ3) is 3.03.